The van der Waals surface area contributed by atoms with Gasteiger partial charge in [-0.3, -0.25) is 9.79 Å². The molecule has 1 aromatic carbocycles. The van der Waals surface area contributed by atoms with E-state index in [9.17, 15) is 18.0 Å². The van der Waals surface area contributed by atoms with Crippen molar-refractivity contribution in [1.29, 1.82) is 0 Å². The Kier molecular flexibility index (Phi) is 5.16. The Bertz CT molecular complexity index is 929. The van der Waals surface area contributed by atoms with Crippen LogP contribution in [0.5, 0.6) is 0 Å². The first-order valence-corrected chi connectivity index (χ1v) is 8.51. The number of anilines is 1. The molecule has 0 saturated carbocycles. The smallest absolute Gasteiger partial charge is 0.299 e. The topological polar surface area (TPSA) is 103 Å². The molecule has 3 rings (SSSR count). The van der Waals surface area contributed by atoms with E-state index in [1.165, 1.54) is 6.07 Å². The predicted molar refractivity (Wildman–Crippen MR) is 95.0 cm³/mol. The average molecular weight is 396 g/mol. The molecular formula is C18H19F3N4O3. The Balaban J connectivity index is 1.99. The number of amidine groups is 1. The molecule has 1 aliphatic rings. The molecule has 0 radical (unpaired) electrons. The normalized spacial score (nSPS) is 21.7. The summed E-state index contributed by atoms with van der Waals surface area (Å²) < 4.78 is 53.9. The van der Waals surface area contributed by atoms with Crippen molar-refractivity contribution in [2.75, 3.05) is 18.5 Å². The summed E-state index contributed by atoms with van der Waals surface area (Å²) >= 11 is 0. The lowest BCUT2D eigenvalue weighted by Gasteiger charge is -2.33. The number of aliphatic imine (C=N–C) groups is 1. The molecule has 1 atom stereocenters. The number of amides is 1. The first-order chi connectivity index (χ1) is 13.2. The molecule has 2 heterocycles. The Morgan fingerprint density at radius 2 is 2.14 bits per heavy atom. The average Bonchev–Trinajstić information content (AvgIpc) is 3.07. The molecule has 10 heteroatoms. The highest BCUT2D eigenvalue weighted by Crippen LogP contribution is 2.44. The molecular weight excluding hydrogens is 377 g/mol. The fourth-order valence-corrected chi connectivity index (χ4v) is 2.96. The molecule has 0 aliphatic carbocycles. The lowest BCUT2D eigenvalue weighted by atomic mass is 9.85. The second kappa shape index (κ2) is 7.27. The number of ether oxygens (including phenoxy) is 1. The number of aryl methyl sites for hydroxylation is 1. The van der Waals surface area contributed by atoms with Gasteiger partial charge < -0.3 is 20.2 Å². The van der Waals surface area contributed by atoms with Gasteiger partial charge in [0.15, 0.2) is 17.6 Å². The van der Waals surface area contributed by atoms with E-state index < -0.39 is 35.4 Å². The number of alkyl halides is 2. The summed E-state index contributed by atoms with van der Waals surface area (Å²) in [5.74, 6) is -4.85. The molecule has 7 nitrogen and oxygen atoms in total. The molecule has 1 unspecified atom stereocenters. The van der Waals surface area contributed by atoms with Gasteiger partial charge in [-0.05, 0) is 25.1 Å². The third-order valence-electron chi connectivity index (χ3n) is 4.54. The van der Waals surface area contributed by atoms with Gasteiger partial charge in [-0.15, -0.1) is 0 Å². The molecule has 0 fully saturated rings. The Morgan fingerprint density at radius 3 is 2.86 bits per heavy atom. The summed E-state index contributed by atoms with van der Waals surface area (Å²) in [6.07, 6.45) is 1.57. The summed E-state index contributed by atoms with van der Waals surface area (Å²) in [5, 5.41) is 2.51. The van der Waals surface area contributed by atoms with Crippen LogP contribution in [0.25, 0.3) is 0 Å². The maximum atomic E-state index is 14.7. The number of benzene rings is 1. The molecule has 150 valence electrons. The van der Waals surface area contributed by atoms with Gasteiger partial charge in [0.1, 0.15) is 30.6 Å². The highest BCUT2D eigenvalue weighted by atomic mass is 19.3. The summed E-state index contributed by atoms with van der Waals surface area (Å²) in [7, 11) is 0. The zero-order valence-corrected chi connectivity index (χ0v) is 15.3. The van der Waals surface area contributed by atoms with E-state index in [2.05, 4.69) is 15.3 Å². The van der Waals surface area contributed by atoms with E-state index in [1.54, 1.807) is 6.92 Å². The van der Waals surface area contributed by atoms with Gasteiger partial charge in [-0.25, -0.2) is 18.2 Å². The molecule has 0 bridgehead atoms. The minimum Gasteiger partial charge on any atom is -0.448 e. The van der Waals surface area contributed by atoms with E-state index in [-0.39, 0.29) is 23.8 Å². The number of hydrogen-bond acceptors (Lipinski definition) is 6. The predicted octanol–water partition coefficient (Wildman–Crippen LogP) is 2.87. The van der Waals surface area contributed by atoms with Gasteiger partial charge >= 0.3 is 0 Å². The zero-order chi connectivity index (χ0) is 20.5. The second-order valence-corrected chi connectivity index (χ2v) is 6.50. The largest absolute Gasteiger partial charge is 0.448 e. The Hall–Kier alpha value is -2.88. The van der Waals surface area contributed by atoms with Crippen LogP contribution in [0.3, 0.4) is 0 Å². The van der Waals surface area contributed by atoms with E-state index in [4.69, 9.17) is 14.9 Å². The van der Waals surface area contributed by atoms with Crippen LogP contribution in [0.2, 0.25) is 0 Å². The van der Waals surface area contributed by atoms with Crippen LogP contribution in [0.4, 0.5) is 18.9 Å². The molecule has 0 saturated heterocycles. The number of hydrogen-bond donors (Lipinski definition) is 2. The molecule has 3 N–H and O–H groups in total. The SMILES string of the molecule is CCc1ocnc1C(=O)Nc1ccc(F)c(C2(C)N=C(N)COCC2(F)F)c1. The lowest BCUT2D eigenvalue weighted by molar-refractivity contribution is -0.116. The molecule has 1 aliphatic heterocycles. The number of nitrogens with one attached hydrogen (secondary N) is 1. The van der Waals surface area contributed by atoms with Crippen molar-refractivity contribution in [2.24, 2.45) is 10.7 Å². The quantitative estimate of drug-likeness (QED) is 0.827. The second-order valence-electron chi connectivity index (χ2n) is 6.50. The van der Waals surface area contributed by atoms with Gasteiger partial charge in [-0.2, -0.15) is 0 Å². The molecule has 1 aromatic heterocycles. The van der Waals surface area contributed by atoms with E-state index in [1.807, 2.05) is 0 Å². The van der Waals surface area contributed by atoms with E-state index >= 15 is 0 Å². The number of nitrogens with two attached hydrogens (primary N) is 1. The van der Waals surface area contributed by atoms with Crippen LogP contribution in [-0.2, 0) is 16.7 Å². The van der Waals surface area contributed by atoms with Crippen LogP contribution >= 0.6 is 0 Å². The standard InChI is InChI=1S/C18H19F3N4O3/c1-3-13-15(23-9-28-13)16(26)24-10-4-5-12(19)11(6-10)17(2)18(20,21)8-27-7-14(22)25-17/h4-6,9H,3,7-8H2,1-2H3,(H2,22,25)(H,24,26). The minimum atomic E-state index is -3.53. The first kappa shape index (κ1) is 19.9. The van der Waals surface area contributed by atoms with Crippen LogP contribution < -0.4 is 11.1 Å². The zero-order valence-electron chi connectivity index (χ0n) is 15.3. The maximum Gasteiger partial charge on any atom is 0.299 e. The fraction of sp³-hybridized carbons (Fsp3) is 0.389. The number of halogens is 3. The molecule has 2 aromatic rings. The van der Waals surface area contributed by atoms with Crippen LogP contribution in [0.1, 0.15) is 35.7 Å². The van der Waals surface area contributed by atoms with Gasteiger partial charge in [0.25, 0.3) is 11.8 Å². The molecule has 1 amide bonds. The lowest BCUT2D eigenvalue weighted by Crippen LogP contribution is -2.45. The van der Waals surface area contributed by atoms with Gasteiger partial charge in [0.05, 0.1) is 0 Å². The maximum absolute atomic E-state index is 14.7. The van der Waals surface area contributed by atoms with Crippen molar-refractivity contribution >= 4 is 17.4 Å². The van der Waals surface area contributed by atoms with Crippen molar-refractivity contribution in [3.05, 3.63) is 47.4 Å². The number of nitrogens with zero attached hydrogens (tertiary/aromatic N) is 2. The first-order valence-electron chi connectivity index (χ1n) is 8.51. The third-order valence-corrected chi connectivity index (χ3v) is 4.54. The highest BCUT2D eigenvalue weighted by molar-refractivity contribution is 6.03. The molecule has 28 heavy (non-hydrogen) atoms. The monoisotopic (exact) mass is 396 g/mol. The van der Waals surface area contributed by atoms with Crippen molar-refractivity contribution in [2.45, 2.75) is 31.7 Å². The van der Waals surface area contributed by atoms with Crippen molar-refractivity contribution in [3.63, 3.8) is 0 Å². The highest BCUT2D eigenvalue weighted by Gasteiger charge is 2.54. The minimum absolute atomic E-state index is 0.0649. The Morgan fingerprint density at radius 1 is 1.39 bits per heavy atom. The summed E-state index contributed by atoms with van der Waals surface area (Å²) in [5.41, 5.74) is 3.06. The Labute approximate surface area is 158 Å². The summed E-state index contributed by atoms with van der Waals surface area (Å²) in [4.78, 5) is 20.1. The molecule has 0 spiro atoms. The van der Waals surface area contributed by atoms with Crippen molar-refractivity contribution in [3.8, 4) is 0 Å². The van der Waals surface area contributed by atoms with Crippen molar-refractivity contribution < 1.29 is 27.1 Å². The summed E-state index contributed by atoms with van der Waals surface area (Å²) in [6.45, 7) is 1.61. The van der Waals surface area contributed by atoms with E-state index in [0.29, 0.717) is 12.2 Å². The fourth-order valence-electron chi connectivity index (χ4n) is 2.96. The number of oxazole rings is 1. The van der Waals surface area contributed by atoms with Crippen LogP contribution in [-0.4, -0.2) is 35.9 Å². The van der Waals surface area contributed by atoms with Crippen molar-refractivity contribution in [1.82, 2.24) is 4.98 Å². The number of rotatable bonds is 4. The van der Waals surface area contributed by atoms with Crippen LogP contribution in [0.15, 0.2) is 34.0 Å². The number of carbonyl (C=O) groups is 1. The van der Waals surface area contributed by atoms with Gasteiger partial charge in [0.2, 0.25) is 0 Å². The van der Waals surface area contributed by atoms with Gasteiger partial charge in [-0.1, -0.05) is 6.92 Å². The summed E-state index contributed by atoms with van der Waals surface area (Å²) in [6, 6.07) is 3.34. The van der Waals surface area contributed by atoms with Gasteiger partial charge in [0, 0.05) is 17.7 Å². The number of aromatic nitrogens is 1. The third kappa shape index (κ3) is 3.47. The van der Waals surface area contributed by atoms with Crippen LogP contribution in [0, 0.1) is 5.82 Å². The number of carbonyl (C=O) groups excluding carboxylic acids is 1. The van der Waals surface area contributed by atoms with E-state index in [0.717, 1.165) is 25.5 Å².